The molecule has 1 aliphatic rings. The third-order valence-electron chi connectivity index (χ3n) is 4.91. The van der Waals surface area contributed by atoms with Gasteiger partial charge in [0.25, 0.3) is 0 Å². The molecule has 26 heavy (non-hydrogen) atoms. The number of imidazole rings is 1. The molecule has 1 N–H and O–H groups in total. The highest BCUT2D eigenvalue weighted by atomic mass is 35.5. The minimum Gasteiger partial charge on any atom is -0.495 e. The molecule has 0 aliphatic heterocycles. The van der Waals surface area contributed by atoms with Crippen molar-refractivity contribution >= 4 is 28.8 Å². The zero-order valence-corrected chi connectivity index (χ0v) is 15.5. The number of methoxy groups -OCH3 is 1. The number of nitrogens with one attached hydrogen (secondary N) is 1. The molecule has 4 rings (SSSR count). The van der Waals surface area contributed by atoms with Gasteiger partial charge < -0.3 is 14.5 Å². The van der Waals surface area contributed by atoms with Gasteiger partial charge in [-0.05, 0) is 49.6 Å². The van der Waals surface area contributed by atoms with Crippen molar-refractivity contribution in [2.75, 3.05) is 12.4 Å². The molecule has 6 heteroatoms. The maximum atomic E-state index is 12.8. The number of carbonyl (C=O) groups excluding carboxylic acids is 1. The lowest BCUT2D eigenvalue weighted by Gasteiger charge is -2.21. The summed E-state index contributed by atoms with van der Waals surface area (Å²) >= 11 is 6.14. The molecule has 0 saturated carbocycles. The van der Waals surface area contributed by atoms with Crippen LogP contribution in [0.3, 0.4) is 0 Å². The Balaban J connectivity index is 1.54. The third-order valence-corrected chi connectivity index (χ3v) is 5.20. The van der Waals surface area contributed by atoms with E-state index in [0.717, 1.165) is 29.9 Å². The summed E-state index contributed by atoms with van der Waals surface area (Å²) in [6.45, 7) is 2.06. The molecule has 2 aromatic heterocycles. The van der Waals surface area contributed by atoms with Crippen LogP contribution >= 0.6 is 11.6 Å². The fourth-order valence-electron chi connectivity index (χ4n) is 3.52. The number of nitrogens with zero attached hydrogens (tertiary/aromatic N) is 2. The maximum Gasteiger partial charge on any atom is 0.227 e. The molecule has 3 aromatic rings. The van der Waals surface area contributed by atoms with Crippen molar-refractivity contribution in [1.82, 2.24) is 9.38 Å². The molecule has 134 valence electrons. The van der Waals surface area contributed by atoms with E-state index in [-0.39, 0.29) is 11.8 Å². The Bertz CT molecular complexity index is 996. The highest BCUT2D eigenvalue weighted by Crippen LogP contribution is 2.30. The second-order valence-corrected chi connectivity index (χ2v) is 7.13. The van der Waals surface area contributed by atoms with Crippen LogP contribution in [0.15, 0.2) is 36.5 Å². The first kappa shape index (κ1) is 16.9. The van der Waals surface area contributed by atoms with Crippen molar-refractivity contribution in [3.63, 3.8) is 0 Å². The van der Waals surface area contributed by atoms with E-state index in [1.165, 1.54) is 5.56 Å². The normalized spacial score (nSPS) is 16.3. The van der Waals surface area contributed by atoms with Gasteiger partial charge in [0.05, 0.1) is 17.8 Å². The number of amides is 1. The Morgan fingerprint density at radius 2 is 2.19 bits per heavy atom. The third kappa shape index (κ3) is 3.03. The summed E-state index contributed by atoms with van der Waals surface area (Å²) in [5, 5.41) is 3.46. The van der Waals surface area contributed by atoms with Crippen molar-refractivity contribution < 1.29 is 9.53 Å². The summed E-state index contributed by atoms with van der Waals surface area (Å²) in [4.78, 5) is 17.5. The predicted molar refractivity (Wildman–Crippen MR) is 102 cm³/mol. The number of benzene rings is 1. The van der Waals surface area contributed by atoms with Crippen LogP contribution < -0.4 is 10.1 Å². The Hall–Kier alpha value is -2.53. The van der Waals surface area contributed by atoms with Gasteiger partial charge in [-0.15, -0.1) is 0 Å². The van der Waals surface area contributed by atoms with Crippen LogP contribution in [0.4, 0.5) is 5.69 Å². The molecular formula is C20H20ClN3O2. The summed E-state index contributed by atoms with van der Waals surface area (Å²) in [5.41, 5.74) is 5.05. The van der Waals surface area contributed by atoms with Crippen LogP contribution in [0, 0.1) is 12.8 Å². The number of hydrogen-bond donors (Lipinski definition) is 1. The van der Waals surface area contributed by atoms with Gasteiger partial charge in [0.15, 0.2) is 0 Å². The van der Waals surface area contributed by atoms with E-state index in [9.17, 15) is 4.79 Å². The fourth-order valence-corrected chi connectivity index (χ4v) is 3.78. The van der Waals surface area contributed by atoms with E-state index in [4.69, 9.17) is 21.3 Å². The maximum absolute atomic E-state index is 12.8. The summed E-state index contributed by atoms with van der Waals surface area (Å²) in [5.74, 6) is 0.524. The van der Waals surface area contributed by atoms with E-state index in [1.54, 1.807) is 25.3 Å². The van der Waals surface area contributed by atoms with Gasteiger partial charge in [-0.3, -0.25) is 4.79 Å². The topological polar surface area (TPSA) is 55.6 Å². The van der Waals surface area contributed by atoms with Gasteiger partial charge in [0, 0.05) is 29.9 Å². The quantitative estimate of drug-likeness (QED) is 0.757. The van der Waals surface area contributed by atoms with Crippen LogP contribution in [-0.4, -0.2) is 22.4 Å². The second-order valence-electron chi connectivity index (χ2n) is 6.72. The molecule has 1 atom stereocenters. The Morgan fingerprint density at radius 3 is 2.96 bits per heavy atom. The second kappa shape index (κ2) is 6.65. The first-order chi connectivity index (χ1) is 12.5. The number of carbonyl (C=O) groups is 1. The number of rotatable bonds is 3. The molecule has 1 aliphatic carbocycles. The van der Waals surface area contributed by atoms with E-state index >= 15 is 0 Å². The van der Waals surface area contributed by atoms with E-state index < -0.39 is 0 Å². The Kier molecular flexibility index (Phi) is 4.32. The van der Waals surface area contributed by atoms with Gasteiger partial charge in [0.2, 0.25) is 5.91 Å². The summed E-state index contributed by atoms with van der Waals surface area (Å²) in [7, 11) is 1.57. The molecule has 5 nitrogen and oxygen atoms in total. The number of ether oxygens (including phenoxy) is 1. The first-order valence-electron chi connectivity index (χ1n) is 8.66. The molecular weight excluding hydrogens is 350 g/mol. The van der Waals surface area contributed by atoms with Crippen LogP contribution in [0.1, 0.15) is 23.4 Å². The van der Waals surface area contributed by atoms with Crippen LogP contribution in [0.5, 0.6) is 5.75 Å². The summed E-state index contributed by atoms with van der Waals surface area (Å²) < 4.78 is 7.27. The number of aromatic nitrogens is 2. The molecule has 0 radical (unpaired) electrons. The van der Waals surface area contributed by atoms with Gasteiger partial charge in [-0.1, -0.05) is 17.7 Å². The van der Waals surface area contributed by atoms with Crippen molar-refractivity contribution in [2.24, 2.45) is 5.92 Å². The minimum absolute atomic E-state index is 0.0134. The number of pyridine rings is 1. The number of aryl methyl sites for hydroxylation is 2. The highest BCUT2D eigenvalue weighted by molar-refractivity contribution is 6.32. The molecule has 2 heterocycles. The molecule has 0 bridgehead atoms. The molecule has 0 saturated heterocycles. The monoisotopic (exact) mass is 369 g/mol. The smallest absolute Gasteiger partial charge is 0.227 e. The minimum atomic E-state index is -0.0798. The molecule has 1 unspecified atom stereocenters. The standard InChI is InChI=1S/C20H20ClN3O2/c1-12-3-8-19-23-16-6-4-13(9-17(16)24(19)11-12)20(25)22-14-5-7-18(26-2)15(21)10-14/h3,5,7-8,10-11,13H,4,6,9H2,1-2H3,(H,22,25). The zero-order valence-electron chi connectivity index (χ0n) is 14.8. The predicted octanol–water partition coefficient (Wildman–Crippen LogP) is 4.05. The van der Waals surface area contributed by atoms with Gasteiger partial charge in [0.1, 0.15) is 11.4 Å². The van der Waals surface area contributed by atoms with Crippen molar-refractivity contribution in [2.45, 2.75) is 26.2 Å². The van der Waals surface area contributed by atoms with Crippen molar-refractivity contribution in [3.05, 3.63) is 58.5 Å². The first-order valence-corrected chi connectivity index (χ1v) is 9.04. The molecule has 0 spiro atoms. The number of halogens is 1. The zero-order chi connectivity index (χ0) is 18.3. The Labute approximate surface area is 157 Å². The largest absolute Gasteiger partial charge is 0.495 e. The van der Waals surface area contributed by atoms with E-state index in [0.29, 0.717) is 22.9 Å². The lowest BCUT2D eigenvalue weighted by molar-refractivity contribution is -0.120. The molecule has 1 aromatic carbocycles. The van der Waals surface area contributed by atoms with Gasteiger partial charge >= 0.3 is 0 Å². The van der Waals surface area contributed by atoms with E-state index in [2.05, 4.69) is 28.9 Å². The van der Waals surface area contributed by atoms with Crippen LogP contribution in [0.2, 0.25) is 5.02 Å². The van der Waals surface area contributed by atoms with Crippen LogP contribution in [0.25, 0.3) is 5.65 Å². The summed E-state index contributed by atoms with van der Waals surface area (Å²) in [6, 6.07) is 9.36. The fraction of sp³-hybridized carbons (Fsp3) is 0.300. The average molecular weight is 370 g/mol. The van der Waals surface area contributed by atoms with Gasteiger partial charge in [-0.2, -0.15) is 0 Å². The SMILES string of the molecule is COc1ccc(NC(=O)C2CCc3nc4ccc(C)cn4c3C2)cc1Cl. The van der Waals surface area contributed by atoms with Crippen LogP contribution in [-0.2, 0) is 17.6 Å². The molecule has 0 fully saturated rings. The highest BCUT2D eigenvalue weighted by Gasteiger charge is 2.28. The average Bonchev–Trinajstić information content (AvgIpc) is 2.99. The van der Waals surface area contributed by atoms with E-state index in [1.807, 2.05) is 6.07 Å². The number of fused-ring (bicyclic) bond motifs is 3. The summed E-state index contributed by atoms with van der Waals surface area (Å²) in [6.07, 6.45) is 4.39. The number of hydrogen-bond acceptors (Lipinski definition) is 3. The Morgan fingerprint density at radius 1 is 1.35 bits per heavy atom. The lowest BCUT2D eigenvalue weighted by Crippen LogP contribution is -2.28. The van der Waals surface area contributed by atoms with Crippen molar-refractivity contribution in [1.29, 1.82) is 0 Å². The lowest BCUT2D eigenvalue weighted by atomic mass is 9.89. The van der Waals surface area contributed by atoms with Crippen molar-refractivity contribution in [3.8, 4) is 5.75 Å². The number of anilines is 1. The molecule has 1 amide bonds. The van der Waals surface area contributed by atoms with Gasteiger partial charge in [-0.25, -0.2) is 4.98 Å².